The highest BCUT2D eigenvalue weighted by atomic mass is 16.5. The number of aromatic nitrogens is 2. The molecule has 44 heavy (non-hydrogen) atoms. The molecule has 7 rings (SSSR count). The van der Waals surface area contributed by atoms with Gasteiger partial charge in [0.2, 0.25) is 0 Å². The highest BCUT2D eigenvalue weighted by molar-refractivity contribution is 6.11. The van der Waals surface area contributed by atoms with Crippen LogP contribution in [0.2, 0.25) is 0 Å². The Morgan fingerprint density at radius 1 is 0.682 bits per heavy atom. The van der Waals surface area contributed by atoms with Crippen molar-refractivity contribution in [1.82, 2.24) is 9.55 Å². The van der Waals surface area contributed by atoms with Crippen LogP contribution in [0.4, 0.5) is 17.1 Å². The van der Waals surface area contributed by atoms with Gasteiger partial charge in [0, 0.05) is 41.8 Å². The summed E-state index contributed by atoms with van der Waals surface area (Å²) in [7, 11) is 2.13. The molecule has 0 saturated carbocycles. The van der Waals surface area contributed by atoms with Crippen LogP contribution < -0.4 is 14.5 Å². The molecule has 0 spiro atoms. The molecule has 0 aliphatic carbocycles. The molecule has 4 aromatic carbocycles. The van der Waals surface area contributed by atoms with Gasteiger partial charge in [-0.3, -0.25) is 4.57 Å². The number of hydrogen-bond donors (Lipinski definition) is 0. The molecule has 0 unspecified atom stereocenters. The molecule has 2 aromatic heterocycles. The Balaban J connectivity index is 1.39. The van der Waals surface area contributed by atoms with E-state index in [0.717, 1.165) is 40.7 Å². The zero-order valence-corrected chi connectivity index (χ0v) is 26.7. The topological polar surface area (TPSA) is 33.5 Å². The molecule has 5 heteroatoms. The van der Waals surface area contributed by atoms with Gasteiger partial charge in [-0.05, 0) is 70.5 Å². The van der Waals surface area contributed by atoms with Crippen molar-refractivity contribution in [2.75, 3.05) is 23.5 Å². The van der Waals surface area contributed by atoms with Crippen molar-refractivity contribution in [3.05, 3.63) is 114 Å². The van der Waals surface area contributed by atoms with Crippen LogP contribution in [0.3, 0.4) is 0 Å². The quantitative estimate of drug-likeness (QED) is 0.208. The second kappa shape index (κ2) is 10.2. The molecule has 0 radical (unpaired) electrons. The first-order valence-electron chi connectivity index (χ1n) is 15.4. The number of nitrogens with zero attached hydrogens (tertiary/aromatic N) is 4. The van der Waals surface area contributed by atoms with Crippen LogP contribution in [-0.4, -0.2) is 23.3 Å². The third-order valence-electron chi connectivity index (χ3n) is 8.70. The molecule has 3 heterocycles. The normalized spacial score (nSPS) is 13.6. The van der Waals surface area contributed by atoms with E-state index in [1.54, 1.807) is 0 Å². The summed E-state index contributed by atoms with van der Waals surface area (Å²) in [4.78, 5) is 9.50. The number of para-hydroxylation sites is 3. The summed E-state index contributed by atoms with van der Waals surface area (Å²) in [5.74, 6) is 2.54. The summed E-state index contributed by atoms with van der Waals surface area (Å²) in [6, 6.07) is 34.4. The van der Waals surface area contributed by atoms with E-state index >= 15 is 0 Å². The average molecular weight is 581 g/mol. The smallest absolute Gasteiger partial charge is 0.137 e. The van der Waals surface area contributed by atoms with Crippen LogP contribution in [0.15, 0.2) is 103 Å². The summed E-state index contributed by atoms with van der Waals surface area (Å²) >= 11 is 0. The monoisotopic (exact) mass is 580 g/mol. The zero-order chi connectivity index (χ0) is 30.8. The van der Waals surface area contributed by atoms with Gasteiger partial charge in [-0.2, -0.15) is 0 Å². The molecule has 0 atom stereocenters. The summed E-state index contributed by atoms with van der Waals surface area (Å²) < 4.78 is 9.03. The number of fused-ring (bicyclic) bond motifs is 4. The zero-order valence-electron chi connectivity index (χ0n) is 26.7. The largest absolute Gasteiger partial charge is 0.457 e. The van der Waals surface area contributed by atoms with Crippen molar-refractivity contribution in [1.29, 1.82) is 0 Å². The van der Waals surface area contributed by atoms with Gasteiger partial charge in [-0.25, -0.2) is 4.98 Å². The predicted molar refractivity (Wildman–Crippen MR) is 184 cm³/mol. The Morgan fingerprint density at radius 3 is 2.20 bits per heavy atom. The van der Waals surface area contributed by atoms with Gasteiger partial charge in [-0.15, -0.1) is 0 Å². The van der Waals surface area contributed by atoms with Gasteiger partial charge in [0.25, 0.3) is 0 Å². The van der Waals surface area contributed by atoms with Crippen molar-refractivity contribution >= 4 is 38.9 Å². The standard InChI is InChI=1S/C39H40N4O/c1-38(2,3)26-19-20-40-36(21-26)43-32-16-9-8-15-30(32)37-31(39(4,5)6)23-29(24-35(37)43)44-28-14-12-13-27(22-28)42-25-41(7)33-17-10-11-18-34(33)42/h8-24H,25H2,1-7H3. The molecule has 1 aliphatic rings. The molecule has 0 saturated heterocycles. The molecule has 1 aliphatic heterocycles. The van der Waals surface area contributed by atoms with Crippen LogP contribution in [0.1, 0.15) is 52.7 Å². The SMILES string of the molecule is CN1CN(c2cccc(Oc3cc(C(C)(C)C)c4c5ccccc5n(-c5cc(C(C)(C)C)ccn5)c4c3)c2)c2ccccc21. The van der Waals surface area contributed by atoms with E-state index in [9.17, 15) is 0 Å². The lowest BCUT2D eigenvalue weighted by Crippen LogP contribution is -2.23. The number of ether oxygens (including phenoxy) is 1. The molecule has 0 amide bonds. The van der Waals surface area contributed by atoms with E-state index in [4.69, 9.17) is 9.72 Å². The molecule has 5 nitrogen and oxygen atoms in total. The third-order valence-corrected chi connectivity index (χ3v) is 8.70. The maximum absolute atomic E-state index is 6.73. The van der Waals surface area contributed by atoms with Crippen molar-refractivity contribution < 1.29 is 4.74 Å². The molecular weight excluding hydrogens is 540 g/mol. The lowest BCUT2D eigenvalue weighted by atomic mass is 9.84. The van der Waals surface area contributed by atoms with Gasteiger partial charge in [-0.1, -0.05) is 77.9 Å². The van der Waals surface area contributed by atoms with Gasteiger partial charge >= 0.3 is 0 Å². The van der Waals surface area contributed by atoms with Crippen LogP contribution in [0.5, 0.6) is 11.5 Å². The first kappa shape index (κ1) is 28.0. The number of benzene rings is 4. The van der Waals surface area contributed by atoms with E-state index in [1.807, 2.05) is 12.3 Å². The second-order valence-electron chi connectivity index (χ2n) is 14.0. The van der Waals surface area contributed by atoms with Crippen molar-refractivity contribution in [2.24, 2.45) is 0 Å². The number of rotatable bonds is 4. The summed E-state index contributed by atoms with van der Waals surface area (Å²) in [5, 5.41) is 2.47. The van der Waals surface area contributed by atoms with E-state index in [0.29, 0.717) is 0 Å². The van der Waals surface area contributed by atoms with Crippen LogP contribution >= 0.6 is 0 Å². The predicted octanol–water partition coefficient (Wildman–Crippen LogP) is 10.1. The summed E-state index contributed by atoms with van der Waals surface area (Å²) in [6.45, 7) is 14.4. The fraction of sp³-hybridized carbons (Fsp3) is 0.256. The minimum absolute atomic E-state index is 0.0109. The minimum Gasteiger partial charge on any atom is -0.457 e. The van der Waals surface area contributed by atoms with E-state index < -0.39 is 0 Å². The second-order valence-corrected chi connectivity index (χ2v) is 14.0. The molecular formula is C39H40N4O. The first-order valence-corrected chi connectivity index (χ1v) is 15.4. The van der Waals surface area contributed by atoms with Crippen molar-refractivity contribution in [3.63, 3.8) is 0 Å². The Morgan fingerprint density at radius 2 is 1.43 bits per heavy atom. The molecule has 0 fully saturated rings. The van der Waals surface area contributed by atoms with E-state index in [2.05, 4.69) is 154 Å². The lowest BCUT2D eigenvalue weighted by molar-refractivity contribution is 0.480. The highest BCUT2D eigenvalue weighted by Gasteiger charge is 2.26. The van der Waals surface area contributed by atoms with Gasteiger partial charge in [0.1, 0.15) is 17.3 Å². The Labute approximate surface area is 260 Å². The lowest BCUT2D eigenvalue weighted by Gasteiger charge is -2.23. The van der Waals surface area contributed by atoms with Gasteiger partial charge in [0.15, 0.2) is 0 Å². The fourth-order valence-corrected chi connectivity index (χ4v) is 6.43. The van der Waals surface area contributed by atoms with Crippen LogP contribution in [0, 0.1) is 0 Å². The molecule has 6 aromatic rings. The highest BCUT2D eigenvalue weighted by Crippen LogP contribution is 2.44. The molecule has 0 bridgehead atoms. The third kappa shape index (κ3) is 4.77. The maximum Gasteiger partial charge on any atom is 0.137 e. The number of hydrogen-bond acceptors (Lipinski definition) is 4. The van der Waals surface area contributed by atoms with Crippen molar-refractivity contribution in [3.8, 4) is 17.3 Å². The van der Waals surface area contributed by atoms with Crippen LogP contribution in [0.25, 0.3) is 27.6 Å². The van der Waals surface area contributed by atoms with Crippen LogP contribution in [-0.2, 0) is 10.8 Å². The number of anilines is 3. The summed E-state index contributed by atoms with van der Waals surface area (Å²) in [6.07, 6.45) is 1.93. The summed E-state index contributed by atoms with van der Waals surface area (Å²) in [5.41, 5.74) is 8.18. The first-order chi connectivity index (χ1) is 21.0. The minimum atomic E-state index is -0.112. The van der Waals surface area contributed by atoms with Gasteiger partial charge in [0.05, 0.1) is 29.1 Å². The fourth-order valence-electron chi connectivity index (χ4n) is 6.43. The maximum atomic E-state index is 6.73. The Bertz CT molecular complexity index is 2020. The van der Waals surface area contributed by atoms with Gasteiger partial charge < -0.3 is 14.5 Å². The molecule has 222 valence electrons. The Kier molecular flexibility index (Phi) is 6.47. The van der Waals surface area contributed by atoms with E-state index in [1.165, 1.54) is 33.3 Å². The average Bonchev–Trinajstić information content (AvgIpc) is 3.51. The van der Waals surface area contributed by atoms with Crippen molar-refractivity contribution in [2.45, 2.75) is 52.4 Å². The molecule has 0 N–H and O–H groups in total. The number of pyridine rings is 1. The van der Waals surface area contributed by atoms with E-state index in [-0.39, 0.29) is 10.8 Å². The Hall–Kier alpha value is -4.77.